The summed E-state index contributed by atoms with van der Waals surface area (Å²) < 4.78 is 18.6. The first-order chi connectivity index (χ1) is 6.19. The van der Waals surface area contributed by atoms with Gasteiger partial charge in [0.2, 0.25) is 0 Å². The fraction of sp³-hybridized carbons (Fsp3) is 0.222. The summed E-state index contributed by atoms with van der Waals surface area (Å²) in [6.45, 7) is 2.28. The Kier molecular flexibility index (Phi) is 3.26. The summed E-state index contributed by atoms with van der Waals surface area (Å²) in [4.78, 5) is 0. The molecule has 0 heterocycles. The van der Waals surface area contributed by atoms with Crippen LogP contribution in [0.5, 0.6) is 5.75 Å². The van der Waals surface area contributed by atoms with E-state index in [1.165, 1.54) is 6.07 Å². The molecule has 0 unspecified atom stereocenters. The molecule has 0 spiro atoms. The minimum atomic E-state index is -0.569. The summed E-state index contributed by atoms with van der Waals surface area (Å²) in [6, 6.07) is 4.53. The lowest BCUT2D eigenvalue weighted by Crippen LogP contribution is -1.94. The predicted octanol–water partition coefficient (Wildman–Crippen LogP) is 2.86. The van der Waals surface area contributed by atoms with Crippen molar-refractivity contribution < 1.29 is 9.13 Å². The van der Waals surface area contributed by atoms with Crippen LogP contribution in [0, 0.1) is 17.1 Å². The quantitative estimate of drug-likeness (QED) is 0.801. The first-order valence-electron chi connectivity index (χ1n) is 3.71. The lowest BCUT2D eigenvalue weighted by Gasteiger charge is -2.04. The van der Waals surface area contributed by atoms with Crippen molar-refractivity contribution in [3.63, 3.8) is 0 Å². The summed E-state index contributed by atoms with van der Waals surface area (Å²) in [7, 11) is 0. The van der Waals surface area contributed by atoms with Crippen LogP contribution < -0.4 is 4.74 Å². The van der Waals surface area contributed by atoms with Crippen LogP contribution in [0.3, 0.4) is 0 Å². The molecule has 1 aromatic rings. The van der Waals surface area contributed by atoms with Crippen LogP contribution in [0.25, 0.3) is 0 Å². The number of nitriles is 1. The number of hydrogen-bond acceptors (Lipinski definition) is 2. The smallest absolute Gasteiger partial charge is 0.145 e. The number of nitrogens with zero attached hydrogens (tertiary/aromatic N) is 1. The van der Waals surface area contributed by atoms with E-state index >= 15 is 0 Å². The van der Waals surface area contributed by atoms with Crippen LogP contribution in [-0.2, 0) is 0 Å². The van der Waals surface area contributed by atoms with Gasteiger partial charge in [-0.3, -0.25) is 0 Å². The molecule has 0 N–H and O–H groups in total. The molecule has 0 aliphatic heterocycles. The SMILES string of the molecule is CCOc1cc(F)c(C#N)c(Br)c1. The van der Waals surface area contributed by atoms with Crippen molar-refractivity contribution in [3.8, 4) is 11.8 Å². The Morgan fingerprint density at radius 2 is 2.31 bits per heavy atom. The van der Waals surface area contributed by atoms with Gasteiger partial charge in [-0.2, -0.15) is 5.26 Å². The van der Waals surface area contributed by atoms with E-state index in [0.717, 1.165) is 0 Å². The zero-order valence-electron chi connectivity index (χ0n) is 6.97. The second-order valence-corrected chi connectivity index (χ2v) is 3.16. The largest absolute Gasteiger partial charge is 0.494 e. The zero-order chi connectivity index (χ0) is 9.84. The molecule has 0 fully saturated rings. The number of benzene rings is 1. The van der Waals surface area contributed by atoms with Crippen LogP contribution in [0.4, 0.5) is 4.39 Å². The molecule has 0 saturated heterocycles. The molecule has 0 aliphatic carbocycles. The predicted molar refractivity (Wildman–Crippen MR) is 50.0 cm³/mol. The molecule has 0 aromatic heterocycles. The molecule has 0 radical (unpaired) electrons. The van der Waals surface area contributed by atoms with Gasteiger partial charge in [-0.15, -0.1) is 0 Å². The number of halogens is 2. The molecule has 1 rings (SSSR count). The monoisotopic (exact) mass is 243 g/mol. The Labute approximate surface area is 84.1 Å². The van der Waals surface area contributed by atoms with Gasteiger partial charge in [0, 0.05) is 10.5 Å². The van der Waals surface area contributed by atoms with Gasteiger partial charge >= 0.3 is 0 Å². The average Bonchev–Trinajstić information content (AvgIpc) is 2.04. The van der Waals surface area contributed by atoms with Crippen LogP contribution in [-0.4, -0.2) is 6.61 Å². The maximum atomic E-state index is 13.1. The summed E-state index contributed by atoms with van der Waals surface area (Å²) in [5.41, 5.74) is 0.00320. The third-order valence-electron chi connectivity index (χ3n) is 1.44. The van der Waals surface area contributed by atoms with Gasteiger partial charge in [0.15, 0.2) is 0 Å². The van der Waals surface area contributed by atoms with Gasteiger partial charge in [0.05, 0.1) is 6.61 Å². The zero-order valence-corrected chi connectivity index (χ0v) is 8.56. The minimum Gasteiger partial charge on any atom is -0.494 e. The maximum absolute atomic E-state index is 13.1. The molecule has 68 valence electrons. The van der Waals surface area contributed by atoms with Gasteiger partial charge in [0.25, 0.3) is 0 Å². The van der Waals surface area contributed by atoms with Gasteiger partial charge in [-0.25, -0.2) is 4.39 Å². The number of hydrogen-bond donors (Lipinski definition) is 0. The summed E-state index contributed by atoms with van der Waals surface area (Å²) in [5, 5.41) is 8.56. The molecule has 0 amide bonds. The fourth-order valence-corrected chi connectivity index (χ4v) is 1.41. The van der Waals surface area contributed by atoms with E-state index in [-0.39, 0.29) is 5.56 Å². The average molecular weight is 244 g/mol. The fourth-order valence-electron chi connectivity index (χ4n) is 0.907. The highest BCUT2D eigenvalue weighted by Gasteiger charge is 2.08. The third-order valence-corrected chi connectivity index (χ3v) is 2.06. The third kappa shape index (κ3) is 2.19. The van der Waals surface area contributed by atoms with Gasteiger partial charge < -0.3 is 4.74 Å². The Morgan fingerprint density at radius 3 is 2.77 bits per heavy atom. The molecule has 4 heteroatoms. The highest BCUT2D eigenvalue weighted by Crippen LogP contribution is 2.25. The molecular formula is C9H7BrFNO. The second kappa shape index (κ2) is 4.24. The highest BCUT2D eigenvalue weighted by molar-refractivity contribution is 9.10. The number of ether oxygens (including phenoxy) is 1. The van der Waals surface area contributed by atoms with Crippen molar-refractivity contribution in [2.24, 2.45) is 0 Å². The van der Waals surface area contributed by atoms with Gasteiger partial charge in [0.1, 0.15) is 23.2 Å². The molecule has 0 atom stereocenters. The Balaban J connectivity index is 3.14. The van der Waals surface area contributed by atoms with Crippen molar-refractivity contribution in [3.05, 3.63) is 28.0 Å². The van der Waals surface area contributed by atoms with E-state index in [0.29, 0.717) is 16.8 Å². The van der Waals surface area contributed by atoms with Crippen molar-refractivity contribution in [1.29, 1.82) is 5.26 Å². The normalized spacial score (nSPS) is 9.38. The summed E-state index contributed by atoms with van der Waals surface area (Å²) >= 11 is 3.09. The van der Waals surface area contributed by atoms with Crippen LogP contribution in [0.2, 0.25) is 0 Å². The lowest BCUT2D eigenvalue weighted by atomic mass is 10.2. The van der Waals surface area contributed by atoms with Crippen LogP contribution in [0.15, 0.2) is 16.6 Å². The summed E-state index contributed by atoms with van der Waals surface area (Å²) in [6.07, 6.45) is 0. The Morgan fingerprint density at radius 1 is 1.62 bits per heavy atom. The molecule has 0 bridgehead atoms. The van der Waals surface area contributed by atoms with Crippen molar-refractivity contribution in [1.82, 2.24) is 0 Å². The van der Waals surface area contributed by atoms with Gasteiger partial charge in [-0.1, -0.05) is 0 Å². The van der Waals surface area contributed by atoms with Crippen molar-refractivity contribution in [2.75, 3.05) is 6.61 Å². The van der Waals surface area contributed by atoms with E-state index in [1.54, 1.807) is 12.1 Å². The first-order valence-corrected chi connectivity index (χ1v) is 4.50. The van der Waals surface area contributed by atoms with Crippen molar-refractivity contribution in [2.45, 2.75) is 6.92 Å². The molecular weight excluding hydrogens is 237 g/mol. The first kappa shape index (κ1) is 10.0. The summed E-state index contributed by atoms with van der Waals surface area (Å²) in [5.74, 6) is -0.147. The standard InChI is InChI=1S/C9H7BrFNO/c1-2-13-6-3-8(10)7(5-12)9(11)4-6/h3-4H,2H2,1H3. The van der Waals surface area contributed by atoms with Crippen LogP contribution in [0.1, 0.15) is 12.5 Å². The topological polar surface area (TPSA) is 33.0 Å². The van der Waals surface area contributed by atoms with Gasteiger partial charge in [-0.05, 0) is 28.9 Å². The highest BCUT2D eigenvalue weighted by atomic mass is 79.9. The number of rotatable bonds is 2. The Bertz CT molecular complexity index is 336. The molecule has 2 nitrogen and oxygen atoms in total. The van der Waals surface area contributed by atoms with Crippen molar-refractivity contribution >= 4 is 15.9 Å². The van der Waals surface area contributed by atoms with E-state index in [9.17, 15) is 4.39 Å². The molecule has 13 heavy (non-hydrogen) atoms. The van der Waals surface area contributed by atoms with E-state index in [4.69, 9.17) is 10.00 Å². The maximum Gasteiger partial charge on any atom is 0.145 e. The molecule has 0 aliphatic rings. The molecule has 0 saturated carbocycles. The Hall–Kier alpha value is -1.08. The van der Waals surface area contributed by atoms with E-state index < -0.39 is 5.82 Å². The molecule has 1 aromatic carbocycles. The van der Waals surface area contributed by atoms with E-state index in [1.807, 2.05) is 6.92 Å². The van der Waals surface area contributed by atoms with E-state index in [2.05, 4.69) is 15.9 Å². The second-order valence-electron chi connectivity index (χ2n) is 2.31. The lowest BCUT2D eigenvalue weighted by molar-refractivity contribution is 0.338. The minimum absolute atomic E-state index is 0.00320. The van der Waals surface area contributed by atoms with Crippen LogP contribution >= 0.6 is 15.9 Å².